The van der Waals surface area contributed by atoms with Gasteiger partial charge in [0.25, 0.3) is 5.91 Å². The molecule has 2 aromatic rings. The summed E-state index contributed by atoms with van der Waals surface area (Å²) in [5.74, 6) is 1.39. The number of anilines is 1. The number of carbonyl (C=O) groups is 1. The van der Waals surface area contributed by atoms with Crippen LogP contribution in [-0.2, 0) is 17.6 Å². The fourth-order valence-electron chi connectivity index (χ4n) is 2.67. The first kappa shape index (κ1) is 12.3. The van der Waals surface area contributed by atoms with E-state index >= 15 is 0 Å². The van der Waals surface area contributed by atoms with Crippen LogP contribution in [0.1, 0.15) is 17.7 Å². The molecule has 4 rings (SSSR count). The molecule has 1 aromatic carbocycles. The van der Waals surface area contributed by atoms with Gasteiger partial charge in [-0.3, -0.25) is 10.1 Å². The van der Waals surface area contributed by atoms with Gasteiger partial charge in [0.15, 0.2) is 11.5 Å². The molecule has 1 aromatic heterocycles. The number of aryl methyl sites for hydroxylation is 1. The zero-order valence-corrected chi connectivity index (χ0v) is 11.3. The number of nitrogens with zero attached hydrogens (tertiary/aromatic N) is 1. The topological polar surface area (TPSA) is 73.6 Å². The minimum Gasteiger partial charge on any atom is -0.485 e. The second-order valence-electron chi connectivity index (χ2n) is 5.14. The average Bonchev–Trinajstić information content (AvgIpc) is 3.12. The predicted molar refractivity (Wildman–Crippen MR) is 73.5 cm³/mol. The van der Waals surface area contributed by atoms with E-state index in [0.29, 0.717) is 17.4 Å². The van der Waals surface area contributed by atoms with E-state index in [-0.39, 0.29) is 12.5 Å². The van der Waals surface area contributed by atoms with Crippen molar-refractivity contribution >= 4 is 11.8 Å². The standard InChI is InChI=1S/C15H14N2O4/c18-14(16-15-9-4-3-5-10(9)17-21-15)13-8-19-11-6-1-2-7-12(11)20-13/h1-2,6-7,13H,3-5,8H2,(H,16,18)/t13-/m1/s1. The Morgan fingerprint density at radius 3 is 3.00 bits per heavy atom. The van der Waals surface area contributed by atoms with E-state index in [0.717, 1.165) is 30.5 Å². The molecule has 2 heterocycles. The van der Waals surface area contributed by atoms with Crippen molar-refractivity contribution in [2.75, 3.05) is 11.9 Å². The first-order valence-electron chi connectivity index (χ1n) is 6.98. The Morgan fingerprint density at radius 1 is 1.24 bits per heavy atom. The summed E-state index contributed by atoms with van der Waals surface area (Å²) >= 11 is 0. The molecular formula is C15H14N2O4. The third-order valence-corrected chi connectivity index (χ3v) is 3.75. The number of hydrogen-bond acceptors (Lipinski definition) is 5. The Balaban J connectivity index is 1.49. The summed E-state index contributed by atoms with van der Waals surface area (Å²) < 4.78 is 16.4. The molecule has 0 unspecified atom stereocenters. The number of ether oxygens (including phenoxy) is 2. The zero-order chi connectivity index (χ0) is 14.2. The van der Waals surface area contributed by atoms with Crippen molar-refractivity contribution in [2.24, 2.45) is 0 Å². The van der Waals surface area contributed by atoms with Gasteiger partial charge >= 0.3 is 0 Å². The van der Waals surface area contributed by atoms with Gasteiger partial charge in [0, 0.05) is 5.56 Å². The van der Waals surface area contributed by atoms with Gasteiger partial charge in [-0.25, -0.2) is 0 Å². The van der Waals surface area contributed by atoms with Crippen molar-refractivity contribution in [3.8, 4) is 11.5 Å². The second-order valence-corrected chi connectivity index (χ2v) is 5.14. The number of nitrogens with one attached hydrogen (secondary N) is 1. The number of hydrogen-bond donors (Lipinski definition) is 1. The van der Waals surface area contributed by atoms with Crippen LogP contribution in [0.3, 0.4) is 0 Å². The fourth-order valence-corrected chi connectivity index (χ4v) is 2.67. The highest BCUT2D eigenvalue weighted by atomic mass is 16.6. The minimum atomic E-state index is -0.693. The molecule has 0 saturated heterocycles. The number of carbonyl (C=O) groups excluding carboxylic acids is 1. The normalized spacial score (nSPS) is 19.1. The van der Waals surface area contributed by atoms with Crippen molar-refractivity contribution in [2.45, 2.75) is 25.4 Å². The number of benzene rings is 1. The van der Waals surface area contributed by atoms with Crippen molar-refractivity contribution < 1.29 is 18.8 Å². The SMILES string of the molecule is O=C(Nc1onc2c1CCC2)[C@H]1COc2ccccc2O1. The summed E-state index contributed by atoms with van der Waals surface area (Å²) in [5.41, 5.74) is 1.94. The van der Waals surface area contributed by atoms with E-state index < -0.39 is 6.10 Å². The summed E-state index contributed by atoms with van der Waals surface area (Å²) in [6.45, 7) is 0.180. The molecule has 0 spiro atoms. The number of para-hydroxylation sites is 2. The summed E-state index contributed by atoms with van der Waals surface area (Å²) in [5, 5.41) is 6.72. The van der Waals surface area contributed by atoms with E-state index in [9.17, 15) is 4.79 Å². The molecule has 0 saturated carbocycles. The van der Waals surface area contributed by atoms with Gasteiger partial charge in [0.1, 0.15) is 6.61 Å². The zero-order valence-electron chi connectivity index (χ0n) is 11.3. The largest absolute Gasteiger partial charge is 0.485 e. The molecule has 1 atom stereocenters. The summed E-state index contributed by atoms with van der Waals surface area (Å²) in [6, 6.07) is 7.29. The maximum Gasteiger partial charge on any atom is 0.271 e. The van der Waals surface area contributed by atoms with E-state index in [1.807, 2.05) is 18.2 Å². The lowest BCUT2D eigenvalue weighted by molar-refractivity contribution is -0.125. The average molecular weight is 286 g/mol. The summed E-state index contributed by atoms with van der Waals surface area (Å²) in [4.78, 5) is 12.3. The van der Waals surface area contributed by atoms with Crippen LogP contribution in [0.5, 0.6) is 11.5 Å². The Bertz CT molecular complexity index is 695. The van der Waals surface area contributed by atoms with Gasteiger partial charge in [0.2, 0.25) is 12.0 Å². The highest BCUT2D eigenvalue weighted by Gasteiger charge is 2.30. The minimum absolute atomic E-state index is 0.180. The van der Waals surface area contributed by atoms with Gasteiger partial charge in [-0.1, -0.05) is 17.3 Å². The van der Waals surface area contributed by atoms with Crippen LogP contribution in [0, 0.1) is 0 Å². The maximum absolute atomic E-state index is 12.3. The summed E-state index contributed by atoms with van der Waals surface area (Å²) in [6.07, 6.45) is 2.15. The van der Waals surface area contributed by atoms with Crippen LogP contribution in [0.4, 0.5) is 5.88 Å². The van der Waals surface area contributed by atoms with Gasteiger partial charge in [0.05, 0.1) is 5.69 Å². The Labute approximate surface area is 121 Å². The molecule has 1 N–H and O–H groups in total. The number of amides is 1. The fraction of sp³-hybridized carbons (Fsp3) is 0.333. The number of fused-ring (bicyclic) bond motifs is 2. The van der Waals surface area contributed by atoms with Crippen LogP contribution < -0.4 is 14.8 Å². The molecule has 0 bridgehead atoms. The summed E-state index contributed by atoms with van der Waals surface area (Å²) in [7, 11) is 0. The van der Waals surface area contributed by atoms with Crippen LogP contribution in [0.2, 0.25) is 0 Å². The van der Waals surface area contributed by atoms with Crippen LogP contribution in [0.25, 0.3) is 0 Å². The maximum atomic E-state index is 12.3. The number of rotatable bonds is 2. The van der Waals surface area contributed by atoms with E-state index in [1.165, 1.54) is 0 Å². The van der Waals surface area contributed by atoms with Crippen molar-refractivity contribution in [1.29, 1.82) is 0 Å². The Hall–Kier alpha value is -2.50. The van der Waals surface area contributed by atoms with Crippen LogP contribution >= 0.6 is 0 Å². The van der Waals surface area contributed by atoms with Crippen molar-refractivity contribution in [3.63, 3.8) is 0 Å². The third kappa shape index (κ3) is 2.12. The third-order valence-electron chi connectivity index (χ3n) is 3.75. The Kier molecular flexibility index (Phi) is 2.80. The Morgan fingerprint density at radius 2 is 2.10 bits per heavy atom. The first-order valence-corrected chi connectivity index (χ1v) is 6.98. The van der Waals surface area contributed by atoms with E-state index in [4.69, 9.17) is 14.0 Å². The smallest absolute Gasteiger partial charge is 0.271 e. The predicted octanol–water partition coefficient (Wildman–Crippen LogP) is 1.94. The molecule has 2 aliphatic rings. The molecule has 1 amide bonds. The van der Waals surface area contributed by atoms with E-state index in [2.05, 4.69) is 10.5 Å². The van der Waals surface area contributed by atoms with Gasteiger partial charge in [-0.15, -0.1) is 0 Å². The molecule has 108 valence electrons. The van der Waals surface area contributed by atoms with Gasteiger partial charge in [-0.05, 0) is 31.4 Å². The van der Waals surface area contributed by atoms with Gasteiger partial charge in [-0.2, -0.15) is 0 Å². The molecular weight excluding hydrogens is 272 g/mol. The number of aromatic nitrogens is 1. The van der Waals surface area contributed by atoms with Crippen molar-refractivity contribution in [1.82, 2.24) is 5.16 Å². The molecule has 0 radical (unpaired) electrons. The molecule has 0 fully saturated rings. The highest BCUT2D eigenvalue weighted by Crippen LogP contribution is 2.32. The quantitative estimate of drug-likeness (QED) is 0.913. The highest BCUT2D eigenvalue weighted by molar-refractivity contribution is 5.94. The molecule has 6 heteroatoms. The molecule has 21 heavy (non-hydrogen) atoms. The van der Waals surface area contributed by atoms with Crippen molar-refractivity contribution in [3.05, 3.63) is 35.5 Å². The molecule has 1 aliphatic carbocycles. The van der Waals surface area contributed by atoms with E-state index in [1.54, 1.807) is 6.07 Å². The van der Waals surface area contributed by atoms with Crippen LogP contribution in [-0.4, -0.2) is 23.8 Å². The lowest BCUT2D eigenvalue weighted by Gasteiger charge is -2.25. The van der Waals surface area contributed by atoms with Crippen LogP contribution in [0.15, 0.2) is 28.8 Å². The lowest BCUT2D eigenvalue weighted by Crippen LogP contribution is -2.40. The first-order chi connectivity index (χ1) is 10.3. The second kappa shape index (κ2) is 4.80. The van der Waals surface area contributed by atoms with Gasteiger partial charge < -0.3 is 14.0 Å². The molecule has 6 nitrogen and oxygen atoms in total. The molecule has 1 aliphatic heterocycles. The lowest BCUT2D eigenvalue weighted by atomic mass is 10.2. The monoisotopic (exact) mass is 286 g/mol.